The number of rotatable bonds is 4. The Morgan fingerprint density at radius 3 is 2.81 bits per heavy atom. The van der Waals surface area contributed by atoms with Gasteiger partial charge in [-0.05, 0) is 30.2 Å². The predicted octanol–water partition coefficient (Wildman–Crippen LogP) is 3.63. The van der Waals surface area contributed by atoms with Crippen LogP contribution in [0.2, 0.25) is 0 Å². The number of halogens is 1. The molecule has 0 saturated carbocycles. The Labute approximate surface area is 122 Å². The number of imidazole rings is 1. The minimum Gasteiger partial charge on any atom is -0.348 e. The number of pyridine rings is 1. The Morgan fingerprint density at radius 1 is 1.19 bits per heavy atom. The molecule has 3 aromatic rings. The molecule has 0 spiro atoms. The third-order valence-electron chi connectivity index (χ3n) is 3.63. The summed E-state index contributed by atoms with van der Waals surface area (Å²) in [6, 6.07) is 11.3. The number of H-pyrrole nitrogens is 1. The average molecular weight is 281 g/mol. The van der Waals surface area contributed by atoms with Gasteiger partial charge in [0.05, 0.1) is 6.33 Å². The van der Waals surface area contributed by atoms with Crippen LogP contribution in [0.15, 0.2) is 55.1 Å². The minimum absolute atomic E-state index is 0.123. The van der Waals surface area contributed by atoms with Gasteiger partial charge in [-0.3, -0.25) is 4.98 Å². The van der Waals surface area contributed by atoms with Gasteiger partial charge in [-0.15, -0.1) is 0 Å². The molecule has 106 valence electrons. The molecule has 0 fully saturated rings. The van der Waals surface area contributed by atoms with E-state index >= 15 is 0 Å². The van der Waals surface area contributed by atoms with E-state index in [1.165, 1.54) is 0 Å². The van der Waals surface area contributed by atoms with Gasteiger partial charge >= 0.3 is 0 Å². The average Bonchev–Trinajstić information content (AvgIpc) is 3.03. The molecule has 21 heavy (non-hydrogen) atoms. The van der Waals surface area contributed by atoms with E-state index in [-0.39, 0.29) is 11.7 Å². The van der Waals surface area contributed by atoms with E-state index in [0.29, 0.717) is 17.5 Å². The van der Waals surface area contributed by atoms with E-state index in [0.717, 1.165) is 11.4 Å². The highest BCUT2D eigenvalue weighted by molar-refractivity contribution is 5.34. The van der Waals surface area contributed by atoms with Crippen LogP contribution in [0.4, 0.5) is 4.39 Å². The molecular formula is C17H16FN3. The summed E-state index contributed by atoms with van der Waals surface area (Å²) in [6.07, 6.45) is 5.75. The molecule has 0 saturated heterocycles. The Kier molecular flexibility index (Phi) is 3.77. The molecule has 0 aliphatic carbocycles. The zero-order chi connectivity index (χ0) is 14.7. The summed E-state index contributed by atoms with van der Waals surface area (Å²) in [5.41, 5.74) is 3.14. The van der Waals surface area contributed by atoms with E-state index in [1.54, 1.807) is 31.7 Å². The smallest absolute Gasteiger partial charge is 0.129 e. The van der Waals surface area contributed by atoms with Crippen LogP contribution in [0.5, 0.6) is 0 Å². The van der Waals surface area contributed by atoms with Gasteiger partial charge in [0, 0.05) is 36.1 Å². The Balaban J connectivity index is 2.03. The summed E-state index contributed by atoms with van der Waals surface area (Å²) in [7, 11) is 0. The highest BCUT2D eigenvalue weighted by atomic mass is 19.1. The number of hydrogen-bond acceptors (Lipinski definition) is 2. The lowest BCUT2D eigenvalue weighted by Gasteiger charge is -2.17. The fraction of sp³-hybridized carbons (Fsp3) is 0.176. The number of hydrogen-bond donors (Lipinski definition) is 1. The first kappa shape index (κ1) is 13.5. The van der Waals surface area contributed by atoms with Crippen LogP contribution in [-0.4, -0.2) is 15.0 Å². The maximum Gasteiger partial charge on any atom is 0.129 e. The first-order chi connectivity index (χ1) is 10.3. The Hall–Kier alpha value is -2.49. The highest BCUT2D eigenvalue weighted by Gasteiger charge is 2.21. The quantitative estimate of drug-likeness (QED) is 0.793. The van der Waals surface area contributed by atoms with Crippen molar-refractivity contribution in [1.29, 1.82) is 0 Å². The number of nitrogens with one attached hydrogen (secondary N) is 1. The van der Waals surface area contributed by atoms with Crippen molar-refractivity contribution in [2.75, 3.05) is 0 Å². The molecule has 3 rings (SSSR count). The van der Waals surface area contributed by atoms with Gasteiger partial charge in [-0.25, -0.2) is 9.37 Å². The first-order valence-corrected chi connectivity index (χ1v) is 6.89. The molecule has 0 unspecified atom stereocenters. The van der Waals surface area contributed by atoms with Crippen LogP contribution in [0.25, 0.3) is 0 Å². The van der Waals surface area contributed by atoms with Crippen molar-refractivity contribution in [3.63, 3.8) is 0 Å². The van der Waals surface area contributed by atoms with Crippen molar-refractivity contribution in [2.24, 2.45) is 0 Å². The molecule has 3 nitrogen and oxygen atoms in total. The summed E-state index contributed by atoms with van der Waals surface area (Å²) in [4.78, 5) is 11.5. The molecule has 1 N–H and O–H groups in total. The van der Waals surface area contributed by atoms with Crippen LogP contribution in [0.3, 0.4) is 0 Å². The van der Waals surface area contributed by atoms with E-state index in [4.69, 9.17) is 0 Å². The summed E-state index contributed by atoms with van der Waals surface area (Å²) >= 11 is 0. The first-order valence-electron chi connectivity index (χ1n) is 6.89. The predicted molar refractivity (Wildman–Crippen MR) is 79.5 cm³/mol. The molecule has 1 aromatic carbocycles. The van der Waals surface area contributed by atoms with Gasteiger partial charge in [0.15, 0.2) is 0 Å². The number of aromatic amines is 1. The van der Waals surface area contributed by atoms with E-state index in [9.17, 15) is 4.39 Å². The second-order valence-electron chi connectivity index (χ2n) is 5.06. The zero-order valence-electron chi connectivity index (χ0n) is 11.8. The van der Waals surface area contributed by atoms with Crippen molar-refractivity contribution in [3.05, 3.63) is 83.5 Å². The van der Waals surface area contributed by atoms with Gasteiger partial charge in [-0.1, -0.05) is 24.3 Å². The van der Waals surface area contributed by atoms with Crippen molar-refractivity contribution in [3.8, 4) is 0 Å². The second-order valence-corrected chi connectivity index (χ2v) is 5.06. The molecule has 1 atom stereocenters. The normalized spacial score (nSPS) is 12.3. The van der Waals surface area contributed by atoms with E-state index in [1.807, 2.05) is 30.3 Å². The zero-order valence-corrected chi connectivity index (χ0v) is 11.8. The number of aryl methyl sites for hydroxylation is 1. The van der Waals surface area contributed by atoms with Crippen LogP contribution >= 0.6 is 0 Å². The van der Waals surface area contributed by atoms with Gasteiger partial charge in [0.1, 0.15) is 5.82 Å². The topological polar surface area (TPSA) is 41.6 Å². The molecule has 0 bridgehead atoms. The number of benzene rings is 1. The van der Waals surface area contributed by atoms with Crippen LogP contribution in [-0.2, 0) is 6.42 Å². The van der Waals surface area contributed by atoms with Crippen LogP contribution < -0.4 is 0 Å². The van der Waals surface area contributed by atoms with Crippen molar-refractivity contribution < 1.29 is 4.39 Å². The molecule has 2 heterocycles. The van der Waals surface area contributed by atoms with Gasteiger partial charge in [0.2, 0.25) is 0 Å². The standard InChI is InChI=1S/C17H16FN3/c1-12-5-4-7-14(17(12)18)15(16-10-19-11-21-16)9-13-6-2-3-8-20-13/h2-8,10-11,15H,9H2,1H3,(H,19,21)/t15-/m0/s1. The van der Waals surface area contributed by atoms with Gasteiger partial charge in [-0.2, -0.15) is 0 Å². The summed E-state index contributed by atoms with van der Waals surface area (Å²) < 4.78 is 14.5. The van der Waals surface area contributed by atoms with Crippen LogP contribution in [0.1, 0.15) is 28.4 Å². The maximum absolute atomic E-state index is 14.5. The van der Waals surface area contributed by atoms with Gasteiger partial charge in [0.25, 0.3) is 0 Å². The molecular weight excluding hydrogens is 265 g/mol. The Bertz CT molecular complexity index is 708. The number of nitrogens with zero attached hydrogens (tertiary/aromatic N) is 2. The fourth-order valence-electron chi connectivity index (χ4n) is 2.51. The summed E-state index contributed by atoms with van der Waals surface area (Å²) in [5, 5.41) is 0. The molecule has 0 aliphatic rings. The monoisotopic (exact) mass is 281 g/mol. The van der Waals surface area contributed by atoms with Gasteiger partial charge < -0.3 is 4.98 Å². The van der Waals surface area contributed by atoms with E-state index < -0.39 is 0 Å². The Morgan fingerprint density at radius 2 is 2.10 bits per heavy atom. The van der Waals surface area contributed by atoms with Crippen molar-refractivity contribution in [2.45, 2.75) is 19.3 Å². The third-order valence-corrected chi connectivity index (χ3v) is 3.63. The minimum atomic E-state index is -0.159. The lowest BCUT2D eigenvalue weighted by molar-refractivity contribution is 0.583. The summed E-state index contributed by atoms with van der Waals surface area (Å²) in [5.74, 6) is -0.282. The SMILES string of the molecule is Cc1cccc([C@H](Cc2ccccn2)c2cnc[nH]2)c1F. The molecule has 4 heteroatoms. The highest BCUT2D eigenvalue weighted by Crippen LogP contribution is 2.29. The fourth-order valence-corrected chi connectivity index (χ4v) is 2.51. The third kappa shape index (κ3) is 2.84. The van der Waals surface area contributed by atoms with Crippen LogP contribution in [0, 0.1) is 12.7 Å². The molecule has 0 radical (unpaired) electrons. The molecule has 0 amide bonds. The largest absolute Gasteiger partial charge is 0.348 e. The molecule has 0 aliphatic heterocycles. The lowest BCUT2D eigenvalue weighted by Crippen LogP contribution is -2.09. The maximum atomic E-state index is 14.5. The number of aromatic nitrogens is 3. The van der Waals surface area contributed by atoms with E-state index in [2.05, 4.69) is 15.0 Å². The lowest BCUT2D eigenvalue weighted by atomic mass is 9.90. The van der Waals surface area contributed by atoms with Crippen molar-refractivity contribution >= 4 is 0 Å². The second kappa shape index (κ2) is 5.87. The molecule has 2 aromatic heterocycles. The summed E-state index contributed by atoms with van der Waals surface area (Å²) in [6.45, 7) is 1.78. The van der Waals surface area contributed by atoms with Crippen molar-refractivity contribution in [1.82, 2.24) is 15.0 Å².